The summed E-state index contributed by atoms with van der Waals surface area (Å²) < 4.78 is 6.92. The number of fused-ring (bicyclic) bond motifs is 8. The highest BCUT2D eigenvalue weighted by molar-refractivity contribution is 7.99. The van der Waals surface area contributed by atoms with E-state index >= 15 is 9.59 Å². The molecule has 8 bridgehead atoms. The molecular weight excluding hydrogens is 931 g/mol. The Hall–Kier alpha value is -5.62. The Labute approximate surface area is 409 Å². The van der Waals surface area contributed by atoms with Gasteiger partial charge in [0.15, 0.2) is 11.6 Å². The molecule has 384 valence electrons. The fraction of sp³-hybridized carbons (Fsp3) is 0.638. The molecule has 11 atom stereocenters. The van der Waals surface area contributed by atoms with E-state index in [0.717, 1.165) is 11.8 Å². The summed E-state index contributed by atoms with van der Waals surface area (Å²) in [5, 5.41) is 46.9. The van der Waals surface area contributed by atoms with E-state index in [2.05, 4.69) is 31.6 Å². The Kier molecular flexibility index (Phi) is 18.1. The van der Waals surface area contributed by atoms with Crippen LogP contribution in [0.2, 0.25) is 0 Å². The van der Waals surface area contributed by atoms with Crippen LogP contribution < -0.4 is 42.8 Å². The average molecular weight is 998 g/mol. The van der Waals surface area contributed by atoms with Crippen LogP contribution in [-0.2, 0) is 49.6 Å². The summed E-state index contributed by atoms with van der Waals surface area (Å²) in [7, 11) is 0. The minimum atomic E-state index is -2.15. The number of carbonyl (C=O) groups is 9. The lowest BCUT2D eigenvalue weighted by Gasteiger charge is -2.43. The van der Waals surface area contributed by atoms with Crippen LogP contribution in [-0.4, -0.2) is 159 Å². The van der Waals surface area contributed by atoms with Gasteiger partial charge in [-0.2, -0.15) is 0 Å². The quantitative estimate of drug-likeness (QED) is 0.104. The van der Waals surface area contributed by atoms with Crippen molar-refractivity contribution in [3.05, 3.63) is 23.8 Å². The molecule has 22 nitrogen and oxygen atoms in total. The lowest BCUT2D eigenvalue weighted by molar-refractivity contribution is -0.154. The van der Waals surface area contributed by atoms with Crippen molar-refractivity contribution >= 4 is 75.6 Å². The first-order chi connectivity index (χ1) is 33.3. The zero-order valence-corrected chi connectivity index (χ0v) is 40.6. The van der Waals surface area contributed by atoms with Crippen LogP contribution in [0.3, 0.4) is 0 Å². The van der Waals surface area contributed by atoms with E-state index in [1.165, 1.54) is 11.8 Å². The maximum Gasteiger partial charge on any atom is 0.266 e. The molecule has 5 aliphatic heterocycles. The molecule has 70 heavy (non-hydrogen) atoms. The Morgan fingerprint density at radius 1 is 0.929 bits per heavy atom. The van der Waals surface area contributed by atoms with E-state index in [-0.39, 0.29) is 43.7 Å². The smallest absolute Gasteiger partial charge is 0.266 e. The number of aliphatic hydroxyl groups excluding tert-OH is 3. The van der Waals surface area contributed by atoms with Gasteiger partial charge in [0.05, 0.1) is 66.5 Å². The highest BCUT2D eigenvalue weighted by Gasteiger charge is 2.57. The van der Waals surface area contributed by atoms with Crippen LogP contribution in [0.15, 0.2) is 23.2 Å². The molecule has 5 aliphatic rings. The number of H-pyrrole nitrogens is 1. The molecule has 1 aromatic heterocycles. The fourth-order valence-electron chi connectivity index (χ4n) is 9.90. The molecule has 13 N–H and O–H groups in total. The summed E-state index contributed by atoms with van der Waals surface area (Å²) in [6.45, 7) is 2.81. The third-order valence-corrected chi connectivity index (χ3v) is 15.3. The summed E-state index contributed by atoms with van der Waals surface area (Å²) >= 11 is 1.07. The molecule has 7 rings (SSSR count). The summed E-state index contributed by atoms with van der Waals surface area (Å²) in [4.78, 5) is 133. The maximum absolute atomic E-state index is 15.6. The van der Waals surface area contributed by atoms with Crippen LogP contribution in [0, 0.1) is 23.7 Å². The number of unbranched alkanes of at least 4 members (excludes halogenated alkanes) is 2. The SMILES string of the molecule is CC[C@H](C)[C@@H]1NC(=O)CNC(=O)[C@@H]2CC(=O)[C@H]([C@@H](C)[C@@H](O)CO)NC(=O)C3(CCCCCN)Oc4ccc5c(c([nH]c5c4)SC[C@H](NC(=O)CNC1=O)C(=O)C[C@@H](CC(N)=O)C(=O)N1C[C@H](O)C[C@H]13)C2. The zero-order valence-electron chi connectivity index (χ0n) is 39.8. The van der Waals surface area contributed by atoms with Gasteiger partial charge in [0.2, 0.25) is 41.0 Å². The highest BCUT2D eigenvalue weighted by Crippen LogP contribution is 2.41. The number of hydrogen-bond donors (Lipinski definition) is 11. The normalized spacial score (nSPS) is 28.9. The van der Waals surface area contributed by atoms with Gasteiger partial charge in [0.25, 0.3) is 5.91 Å². The number of Topliss-reactive ketones (excluding diaryl/α,β-unsaturated/α-hetero) is 2. The molecule has 1 aromatic carbocycles. The number of aromatic amines is 1. The molecular formula is C47H67N9O13S. The first-order valence-electron chi connectivity index (χ1n) is 24.0. The van der Waals surface area contributed by atoms with Gasteiger partial charge in [0.1, 0.15) is 11.8 Å². The predicted molar refractivity (Wildman–Crippen MR) is 253 cm³/mol. The van der Waals surface area contributed by atoms with Crippen LogP contribution in [0.25, 0.3) is 10.9 Å². The van der Waals surface area contributed by atoms with Crippen molar-refractivity contribution in [1.82, 2.24) is 36.5 Å². The molecule has 1 fully saturated rings. The third kappa shape index (κ3) is 12.3. The first kappa shape index (κ1) is 53.7. The van der Waals surface area contributed by atoms with Crippen molar-refractivity contribution in [2.75, 3.05) is 38.5 Å². The average Bonchev–Trinajstić information content (AvgIpc) is 3.89. The number of ether oxygens (including phenoxy) is 1. The van der Waals surface area contributed by atoms with Crippen molar-refractivity contribution in [3.63, 3.8) is 0 Å². The Morgan fingerprint density at radius 3 is 2.33 bits per heavy atom. The fourth-order valence-corrected chi connectivity index (χ4v) is 11.0. The van der Waals surface area contributed by atoms with Gasteiger partial charge in [-0.3, -0.25) is 43.2 Å². The van der Waals surface area contributed by atoms with E-state index in [1.54, 1.807) is 32.0 Å². The molecule has 1 unspecified atom stereocenters. The van der Waals surface area contributed by atoms with Gasteiger partial charge in [-0.25, -0.2) is 0 Å². The summed E-state index contributed by atoms with van der Waals surface area (Å²) in [6, 6.07) is -0.571. The number of ketones is 2. The number of primary amides is 1. The van der Waals surface area contributed by atoms with Crippen LogP contribution >= 0.6 is 11.8 Å². The molecule has 0 radical (unpaired) electrons. The van der Waals surface area contributed by atoms with E-state index in [0.29, 0.717) is 47.3 Å². The van der Waals surface area contributed by atoms with Crippen molar-refractivity contribution < 1.29 is 63.2 Å². The first-order valence-corrected chi connectivity index (χ1v) is 25.0. The largest absolute Gasteiger partial charge is 0.475 e. The summed E-state index contributed by atoms with van der Waals surface area (Å²) in [5.74, 6) is -11.6. The lowest BCUT2D eigenvalue weighted by Crippen LogP contribution is -2.66. The second kappa shape index (κ2) is 23.5. The Bertz CT molecular complexity index is 2330. The van der Waals surface area contributed by atoms with Gasteiger partial charge < -0.3 is 68.0 Å². The standard InChI is InChI=1S/C47H67N9O13S/c1-4-23(2)40-43(66)51-18-38(63)52-32-22-70-44-30-12-25(42(65)50-19-39(64)54-40)13-34(60)41(24(3)35(61)21-57)55-46(68)47(10-6-5-7-11-48,69-28-8-9-29(30)31(17-28)53-44)36-16-27(58)20-56(36)45(67)26(14-33(32)59)15-37(49)62/h8-9,17,23-27,32,35-36,40-41,53,57-58,61H,4-7,10-16,18-22,48H2,1-3H3,(H2,49,62)(H,50,65)(H,51,66)(H,52,63)(H,54,64)(H,55,68)/t23-,24-,25-,26-,27+,32-,35-,36-,40-,41-,47?/m0/s1. The Morgan fingerprint density at radius 2 is 1.64 bits per heavy atom. The number of aromatic nitrogens is 1. The molecule has 6 heterocycles. The van der Waals surface area contributed by atoms with Gasteiger partial charge in [0, 0.05) is 54.8 Å². The van der Waals surface area contributed by atoms with E-state index < -0.39 is 158 Å². The topological polar surface area (TPSA) is 355 Å². The number of hydrogen-bond acceptors (Lipinski definition) is 15. The summed E-state index contributed by atoms with van der Waals surface area (Å²) in [5.41, 5.74) is 10.4. The number of carbonyl (C=O) groups excluding carboxylic acids is 9. The van der Waals surface area contributed by atoms with Gasteiger partial charge in [-0.05, 0) is 62.3 Å². The molecule has 2 aromatic rings. The zero-order chi connectivity index (χ0) is 51.0. The van der Waals surface area contributed by atoms with Gasteiger partial charge in [-0.1, -0.05) is 33.6 Å². The number of nitrogens with zero attached hydrogens (tertiary/aromatic N) is 1. The highest BCUT2D eigenvalue weighted by atomic mass is 32.2. The summed E-state index contributed by atoms with van der Waals surface area (Å²) in [6.07, 6.45) is -3.58. The van der Waals surface area contributed by atoms with Crippen molar-refractivity contribution in [2.45, 2.75) is 132 Å². The van der Waals surface area contributed by atoms with E-state index in [9.17, 15) is 48.9 Å². The van der Waals surface area contributed by atoms with Crippen molar-refractivity contribution in [1.29, 1.82) is 0 Å². The molecule has 0 aliphatic carbocycles. The van der Waals surface area contributed by atoms with Crippen LogP contribution in [0.5, 0.6) is 5.75 Å². The maximum atomic E-state index is 15.6. The third-order valence-electron chi connectivity index (χ3n) is 14.1. The van der Waals surface area contributed by atoms with Gasteiger partial charge in [-0.15, -0.1) is 11.8 Å². The van der Waals surface area contributed by atoms with Crippen LogP contribution in [0.4, 0.5) is 0 Å². The number of nitrogens with two attached hydrogens (primary N) is 2. The van der Waals surface area contributed by atoms with Crippen LogP contribution in [0.1, 0.15) is 84.1 Å². The monoisotopic (exact) mass is 997 g/mol. The minimum Gasteiger partial charge on any atom is -0.475 e. The molecule has 0 saturated carbocycles. The molecule has 7 amide bonds. The van der Waals surface area contributed by atoms with E-state index in [4.69, 9.17) is 16.2 Å². The predicted octanol–water partition coefficient (Wildman–Crippen LogP) is -1.81. The molecule has 23 heteroatoms. The second-order valence-corrected chi connectivity index (χ2v) is 20.1. The lowest BCUT2D eigenvalue weighted by atomic mass is 9.81. The minimum absolute atomic E-state index is 0.118. The number of rotatable bonds is 12. The number of nitrogens with one attached hydrogen (secondary N) is 6. The molecule has 1 saturated heterocycles. The van der Waals surface area contributed by atoms with Crippen molar-refractivity contribution in [3.8, 4) is 5.75 Å². The van der Waals surface area contributed by atoms with E-state index in [1.807, 2.05) is 0 Å². The van der Waals surface area contributed by atoms with Crippen molar-refractivity contribution in [2.24, 2.45) is 35.1 Å². The number of aliphatic hydroxyl groups is 3. The molecule has 0 spiro atoms. The second-order valence-electron chi connectivity index (χ2n) is 19.1. The number of amides is 7. The number of benzene rings is 1. The number of thioether (sulfide) groups is 1. The van der Waals surface area contributed by atoms with Gasteiger partial charge >= 0.3 is 0 Å². The Balaban J connectivity index is 1.64.